The summed E-state index contributed by atoms with van der Waals surface area (Å²) in [6.07, 6.45) is 2.44. The Kier molecular flexibility index (Phi) is 5.22. The summed E-state index contributed by atoms with van der Waals surface area (Å²) in [5.41, 5.74) is 5.03. The molecule has 1 saturated heterocycles. The molecule has 0 spiro atoms. The van der Waals surface area contributed by atoms with E-state index >= 15 is 0 Å². The molecule has 3 aliphatic rings. The molecule has 3 aliphatic heterocycles. The van der Waals surface area contributed by atoms with Gasteiger partial charge in [-0.25, -0.2) is 0 Å². The number of imide groups is 2. The van der Waals surface area contributed by atoms with Gasteiger partial charge in [0, 0.05) is 31.7 Å². The number of fused-ring (bicyclic) bond motifs is 2. The lowest BCUT2D eigenvalue weighted by molar-refractivity contribution is -0.136. The number of hydrogen-bond acceptors (Lipinski definition) is 6. The maximum Gasteiger partial charge on any atom is 0.262 e. The van der Waals surface area contributed by atoms with Crippen molar-refractivity contribution < 1.29 is 19.2 Å². The van der Waals surface area contributed by atoms with Crippen molar-refractivity contribution in [3.63, 3.8) is 0 Å². The van der Waals surface area contributed by atoms with Crippen LogP contribution in [0.25, 0.3) is 0 Å². The van der Waals surface area contributed by atoms with Crippen LogP contribution in [0.1, 0.15) is 56.7 Å². The van der Waals surface area contributed by atoms with Crippen molar-refractivity contribution in [3.05, 3.63) is 64.2 Å². The van der Waals surface area contributed by atoms with Gasteiger partial charge in [0.2, 0.25) is 11.8 Å². The summed E-state index contributed by atoms with van der Waals surface area (Å²) in [7, 11) is 0. The topological polar surface area (TPSA) is 108 Å². The molecule has 0 aliphatic carbocycles. The molecule has 164 valence electrons. The van der Waals surface area contributed by atoms with Gasteiger partial charge < -0.3 is 10.6 Å². The molecule has 0 radical (unpaired) electrons. The normalized spacial score (nSPS) is 20.0. The van der Waals surface area contributed by atoms with Gasteiger partial charge in [-0.3, -0.25) is 29.4 Å². The Bertz CT molecular complexity index is 1140. The summed E-state index contributed by atoms with van der Waals surface area (Å²) < 4.78 is 0. The van der Waals surface area contributed by atoms with Gasteiger partial charge in [-0.2, -0.15) is 0 Å². The molecule has 2 aromatic carbocycles. The highest BCUT2D eigenvalue weighted by Crippen LogP contribution is 2.30. The Hall–Kier alpha value is -3.52. The third-order valence-electron chi connectivity index (χ3n) is 6.31. The molecule has 2 aromatic rings. The van der Waals surface area contributed by atoms with Gasteiger partial charge >= 0.3 is 0 Å². The van der Waals surface area contributed by atoms with Crippen molar-refractivity contribution in [1.29, 1.82) is 0 Å². The first-order chi connectivity index (χ1) is 15.5. The van der Waals surface area contributed by atoms with Crippen LogP contribution in [-0.2, 0) is 29.1 Å². The fourth-order valence-corrected chi connectivity index (χ4v) is 4.71. The number of rotatable bonds is 5. The largest absolute Gasteiger partial charge is 0.385 e. The van der Waals surface area contributed by atoms with Crippen LogP contribution in [0.4, 0.5) is 5.69 Å². The smallest absolute Gasteiger partial charge is 0.262 e. The zero-order chi connectivity index (χ0) is 22.2. The number of hydrogen-bond donors (Lipinski definition) is 3. The van der Waals surface area contributed by atoms with E-state index in [4.69, 9.17) is 0 Å². The highest BCUT2D eigenvalue weighted by Gasteiger charge is 2.45. The molecule has 1 atom stereocenters. The van der Waals surface area contributed by atoms with E-state index in [0.29, 0.717) is 24.2 Å². The molecule has 5 rings (SSSR count). The van der Waals surface area contributed by atoms with E-state index in [2.05, 4.69) is 34.1 Å². The minimum atomic E-state index is -0.954. The molecule has 1 fully saturated rings. The van der Waals surface area contributed by atoms with Crippen LogP contribution in [0.2, 0.25) is 0 Å². The minimum absolute atomic E-state index is 0.106. The third-order valence-corrected chi connectivity index (χ3v) is 6.31. The molecule has 1 unspecified atom stereocenters. The number of carbonyl (C=O) groups excluding carboxylic acids is 4. The van der Waals surface area contributed by atoms with Crippen LogP contribution in [0.3, 0.4) is 0 Å². The van der Waals surface area contributed by atoms with E-state index in [0.717, 1.165) is 35.4 Å². The van der Waals surface area contributed by atoms with Crippen molar-refractivity contribution in [1.82, 2.24) is 15.5 Å². The molecule has 4 amide bonds. The van der Waals surface area contributed by atoms with E-state index in [1.165, 1.54) is 11.3 Å². The summed E-state index contributed by atoms with van der Waals surface area (Å²) in [5, 5.41) is 9.00. The molecule has 0 saturated carbocycles. The summed E-state index contributed by atoms with van der Waals surface area (Å²) >= 11 is 0. The molecule has 3 N–H and O–H groups in total. The van der Waals surface area contributed by atoms with Crippen molar-refractivity contribution in [3.8, 4) is 0 Å². The molecule has 8 heteroatoms. The minimum Gasteiger partial charge on any atom is -0.385 e. The molecule has 3 heterocycles. The highest BCUT2D eigenvalue weighted by molar-refractivity contribution is 6.24. The van der Waals surface area contributed by atoms with Crippen molar-refractivity contribution in [2.45, 2.75) is 44.8 Å². The van der Waals surface area contributed by atoms with E-state index in [1.54, 1.807) is 12.1 Å². The average Bonchev–Trinajstić information content (AvgIpc) is 3.05. The molecule has 0 aromatic heterocycles. The Balaban J connectivity index is 1.31. The number of nitrogens with zero attached hydrogens (tertiary/aromatic N) is 1. The van der Waals surface area contributed by atoms with Crippen molar-refractivity contribution in [2.24, 2.45) is 0 Å². The van der Waals surface area contributed by atoms with Crippen molar-refractivity contribution >= 4 is 29.3 Å². The van der Waals surface area contributed by atoms with Gasteiger partial charge in [-0.05, 0) is 48.1 Å². The first kappa shape index (κ1) is 20.4. The van der Waals surface area contributed by atoms with Gasteiger partial charge in [0.05, 0.1) is 11.1 Å². The van der Waals surface area contributed by atoms with E-state index in [-0.39, 0.29) is 18.7 Å². The maximum atomic E-state index is 13.2. The van der Waals surface area contributed by atoms with E-state index < -0.39 is 23.8 Å². The maximum absolute atomic E-state index is 13.2. The summed E-state index contributed by atoms with van der Waals surface area (Å²) in [6, 6.07) is 10.6. The lowest BCUT2D eigenvalue weighted by Crippen LogP contribution is -2.54. The predicted octanol–water partition coefficient (Wildman–Crippen LogP) is 1.74. The van der Waals surface area contributed by atoms with Gasteiger partial charge in [0.15, 0.2) is 0 Å². The number of carbonyl (C=O) groups is 4. The number of nitrogens with one attached hydrogen (secondary N) is 3. The Morgan fingerprint density at radius 1 is 1.00 bits per heavy atom. The Labute approximate surface area is 185 Å². The molecule has 32 heavy (non-hydrogen) atoms. The van der Waals surface area contributed by atoms with Gasteiger partial charge in [0.25, 0.3) is 11.8 Å². The number of aryl methyl sites for hydroxylation is 1. The highest BCUT2D eigenvalue weighted by atomic mass is 16.2. The van der Waals surface area contributed by atoms with E-state index in [9.17, 15) is 19.2 Å². The second-order valence-corrected chi connectivity index (χ2v) is 8.41. The van der Waals surface area contributed by atoms with Gasteiger partial charge in [-0.15, -0.1) is 0 Å². The molecule has 0 bridgehead atoms. The van der Waals surface area contributed by atoms with E-state index in [1.807, 2.05) is 6.07 Å². The molecular formula is C24H24N4O4. The lowest BCUT2D eigenvalue weighted by Gasteiger charge is -2.27. The second kappa shape index (κ2) is 8.20. The van der Waals surface area contributed by atoms with Gasteiger partial charge in [0.1, 0.15) is 6.04 Å². The summed E-state index contributed by atoms with van der Waals surface area (Å²) in [4.78, 5) is 50.8. The quantitative estimate of drug-likeness (QED) is 0.622. The monoisotopic (exact) mass is 432 g/mol. The second-order valence-electron chi connectivity index (χ2n) is 8.41. The number of anilines is 1. The predicted molar refractivity (Wildman–Crippen MR) is 117 cm³/mol. The molecule has 8 nitrogen and oxygen atoms in total. The Morgan fingerprint density at radius 3 is 2.72 bits per heavy atom. The SMILES string of the molecule is O=C1CCC(N2C(=O)c3cccc(CNCc4ccc5c(c4)CCCN5)c3C2=O)C(=O)N1. The van der Waals surface area contributed by atoms with Crippen molar-refractivity contribution in [2.75, 3.05) is 11.9 Å². The van der Waals surface area contributed by atoms with Crippen LogP contribution in [0.5, 0.6) is 0 Å². The van der Waals surface area contributed by atoms with Crippen LogP contribution in [-0.4, -0.2) is 41.1 Å². The lowest BCUT2D eigenvalue weighted by atomic mass is 10.0. The fourth-order valence-electron chi connectivity index (χ4n) is 4.71. The van der Waals surface area contributed by atoms with Crippen LogP contribution in [0.15, 0.2) is 36.4 Å². The standard InChI is InChI=1S/C24H24N4O4/c29-20-9-8-19(22(30)27-20)28-23(31)17-5-1-3-16(21(17)24(28)32)13-25-12-14-6-7-18-15(11-14)4-2-10-26-18/h1,3,5-7,11,19,25-26H,2,4,8-10,12-13H2,(H,27,29,30). The summed E-state index contributed by atoms with van der Waals surface area (Å²) in [6.45, 7) is 2.06. The Morgan fingerprint density at radius 2 is 1.88 bits per heavy atom. The zero-order valence-electron chi connectivity index (χ0n) is 17.6. The van der Waals surface area contributed by atoms with Crippen LogP contribution >= 0.6 is 0 Å². The van der Waals surface area contributed by atoms with Crippen LogP contribution < -0.4 is 16.0 Å². The van der Waals surface area contributed by atoms with Gasteiger partial charge in [-0.1, -0.05) is 24.3 Å². The first-order valence-electron chi connectivity index (χ1n) is 10.9. The molecular weight excluding hydrogens is 408 g/mol. The van der Waals surface area contributed by atoms with Crippen LogP contribution in [0, 0.1) is 0 Å². The third kappa shape index (κ3) is 3.56. The first-order valence-corrected chi connectivity index (χ1v) is 10.9. The fraction of sp³-hybridized carbons (Fsp3) is 0.333. The zero-order valence-corrected chi connectivity index (χ0v) is 17.6. The number of amides is 4. The summed E-state index contributed by atoms with van der Waals surface area (Å²) in [5.74, 6) is -1.94. The average molecular weight is 432 g/mol. The number of piperidine rings is 1. The number of benzene rings is 2.